The van der Waals surface area contributed by atoms with E-state index in [1.54, 1.807) is 0 Å². The molecule has 0 N–H and O–H groups in total. The molecule has 1 aromatic rings. The lowest BCUT2D eigenvalue weighted by atomic mass is 9.86. The van der Waals surface area contributed by atoms with Gasteiger partial charge in [-0.25, -0.2) is 0 Å². The molecule has 2 heteroatoms. The lowest BCUT2D eigenvalue weighted by Crippen LogP contribution is -2.31. The summed E-state index contributed by atoms with van der Waals surface area (Å²) in [5.41, 5.74) is 4.43. The molecule has 1 heterocycles. The first-order valence-electron chi connectivity index (χ1n) is 7.31. The fourth-order valence-corrected chi connectivity index (χ4v) is 2.78. The van der Waals surface area contributed by atoms with E-state index in [2.05, 4.69) is 69.8 Å². The van der Waals surface area contributed by atoms with Gasteiger partial charge in [0.15, 0.2) is 0 Å². The Hall–Kier alpha value is -1.02. The summed E-state index contributed by atoms with van der Waals surface area (Å²) < 4.78 is 0. The average molecular weight is 260 g/mol. The van der Waals surface area contributed by atoms with E-state index in [-0.39, 0.29) is 5.41 Å². The monoisotopic (exact) mass is 260 g/mol. The minimum atomic E-state index is 0.224. The third-order valence-corrected chi connectivity index (χ3v) is 4.19. The van der Waals surface area contributed by atoms with Gasteiger partial charge in [-0.2, -0.15) is 0 Å². The van der Waals surface area contributed by atoms with Gasteiger partial charge in [-0.1, -0.05) is 26.8 Å². The lowest BCUT2D eigenvalue weighted by Gasteiger charge is -2.26. The van der Waals surface area contributed by atoms with Crippen molar-refractivity contribution in [2.45, 2.75) is 45.6 Å². The van der Waals surface area contributed by atoms with E-state index in [1.807, 2.05) is 0 Å². The van der Waals surface area contributed by atoms with E-state index < -0.39 is 0 Å². The first kappa shape index (κ1) is 14.4. The summed E-state index contributed by atoms with van der Waals surface area (Å²) in [5.74, 6) is 0. The molecular weight excluding hydrogens is 232 g/mol. The second-order valence-electron chi connectivity index (χ2n) is 7.16. The second kappa shape index (κ2) is 5.16. The van der Waals surface area contributed by atoms with E-state index in [0.717, 1.165) is 6.54 Å². The van der Waals surface area contributed by atoms with Crippen LogP contribution >= 0.6 is 0 Å². The standard InChI is InChI=1S/C17H28N2/c1-13-9-14(17(2,3)4)11-16(10-13)19-8-7-15(12-19)18(5)6/h9-11,15H,7-8,12H2,1-6H3. The lowest BCUT2D eigenvalue weighted by molar-refractivity contribution is 0.315. The fourth-order valence-electron chi connectivity index (χ4n) is 2.78. The van der Waals surface area contributed by atoms with Crippen molar-refractivity contribution in [3.8, 4) is 0 Å². The molecule has 2 nitrogen and oxygen atoms in total. The molecule has 1 aliphatic heterocycles. The smallest absolute Gasteiger partial charge is 0.0372 e. The summed E-state index contributed by atoms with van der Waals surface area (Å²) in [6.07, 6.45) is 1.27. The molecule has 0 bridgehead atoms. The summed E-state index contributed by atoms with van der Waals surface area (Å²) in [6, 6.07) is 7.72. The molecule has 0 spiro atoms. The van der Waals surface area contributed by atoms with Crippen molar-refractivity contribution in [1.82, 2.24) is 4.90 Å². The van der Waals surface area contributed by atoms with Crippen LogP contribution in [0.2, 0.25) is 0 Å². The van der Waals surface area contributed by atoms with E-state index in [9.17, 15) is 0 Å². The maximum Gasteiger partial charge on any atom is 0.0372 e. The maximum atomic E-state index is 2.53. The van der Waals surface area contributed by atoms with Crippen LogP contribution in [0.1, 0.15) is 38.3 Å². The Balaban J connectivity index is 2.24. The highest BCUT2D eigenvalue weighted by Gasteiger charge is 2.25. The van der Waals surface area contributed by atoms with Gasteiger partial charge in [-0.05, 0) is 56.1 Å². The Morgan fingerprint density at radius 3 is 2.37 bits per heavy atom. The highest BCUT2D eigenvalue weighted by Crippen LogP contribution is 2.30. The van der Waals surface area contributed by atoms with Gasteiger partial charge in [0.1, 0.15) is 0 Å². The largest absolute Gasteiger partial charge is 0.370 e. The third kappa shape index (κ3) is 3.30. The molecule has 1 saturated heterocycles. The van der Waals surface area contributed by atoms with Gasteiger partial charge in [0, 0.05) is 24.8 Å². The predicted molar refractivity (Wildman–Crippen MR) is 84.2 cm³/mol. The fraction of sp³-hybridized carbons (Fsp3) is 0.647. The predicted octanol–water partition coefficient (Wildman–Crippen LogP) is 3.43. The van der Waals surface area contributed by atoms with Crippen LogP contribution in [0.25, 0.3) is 0 Å². The second-order valence-corrected chi connectivity index (χ2v) is 7.16. The molecule has 1 unspecified atom stereocenters. The Morgan fingerprint density at radius 2 is 1.84 bits per heavy atom. The SMILES string of the molecule is Cc1cc(N2CCC(N(C)C)C2)cc(C(C)(C)C)c1. The molecule has 2 rings (SSSR count). The van der Waals surface area contributed by atoms with Gasteiger partial charge in [0.2, 0.25) is 0 Å². The number of likely N-dealkylation sites (N-methyl/N-ethyl adjacent to an activating group) is 1. The summed E-state index contributed by atoms with van der Waals surface area (Å²) in [6.45, 7) is 11.4. The Kier molecular flexibility index (Phi) is 3.91. The van der Waals surface area contributed by atoms with Crippen molar-refractivity contribution in [1.29, 1.82) is 0 Å². The molecule has 0 saturated carbocycles. The Morgan fingerprint density at radius 1 is 1.16 bits per heavy atom. The van der Waals surface area contributed by atoms with Crippen molar-refractivity contribution in [3.05, 3.63) is 29.3 Å². The van der Waals surface area contributed by atoms with Gasteiger partial charge in [-0.3, -0.25) is 0 Å². The number of rotatable bonds is 2. The van der Waals surface area contributed by atoms with Crippen molar-refractivity contribution in [3.63, 3.8) is 0 Å². The van der Waals surface area contributed by atoms with E-state index in [1.165, 1.54) is 29.8 Å². The number of aryl methyl sites for hydroxylation is 1. The van der Waals surface area contributed by atoms with Crippen LogP contribution in [-0.4, -0.2) is 38.1 Å². The number of hydrogen-bond acceptors (Lipinski definition) is 2. The van der Waals surface area contributed by atoms with E-state index in [0.29, 0.717) is 6.04 Å². The number of hydrogen-bond donors (Lipinski definition) is 0. The van der Waals surface area contributed by atoms with Crippen molar-refractivity contribution in [2.24, 2.45) is 0 Å². The summed E-state index contributed by atoms with van der Waals surface area (Å²) >= 11 is 0. The molecule has 0 radical (unpaired) electrons. The molecular formula is C17H28N2. The minimum Gasteiger partial charge on any atom is -0.370 e. The third-order valence-electron chi connectivity index (χ3n) is 4.19. The summed E-state index contributed by atoms with van der Waals surface area (Å²) in [5, 5.41) is 0. The zero-order valence-corrected chi connectivity index (χ0v) is 13.3. The number of nitrogens with zero attached hydrogens (tertiary/aromatic N) is 2. The van der Waals surface area contributed by atoms with Crippen LogP contribution in [0.15, 0.2) is 18.2 Å². The first-order valence-corrected chi connectivity index (χ1v) is 7.31. The summed E-state index contributed by atoms with van der Waals surface area (Å²) in [7, 11) is 4.37. The van der Waals surface area contributed by atoms with Gasteiger partial charge < -0.3 is 9.80 Å². The summed E-state index contributed by atoms with van der Waals surface area (Å²) in [4.78, 5) is 4.88. The molecule has 0 aliphatic carbocycles. The molecule has 0 aromatic heterocycles. The number of anilines is 1. The van der Waals surface area contributed by atoms with Crippen molar-refractivity contribution in [2.75, 3.05) is 32.1 Å². The molecule has 19 heavy (non-hydrogen) atoms. The van der Waals surface area contributed by atoms with Gasteiger partial charge >= 0.3 is 0 Å². The maximum absolute atomic E-state index is 2.53. The van der Waals surface area contributed by atoms with Crippen LogP contribution < -0.4 is 4.90 Å². The molecule has 1 atom stereocenters. The van der Waals surface area contributed by atoms with Gasteiger partial charge in [0.05, 0.1) is 0 Å². The topological polar surface area (TPSA) is 6.48 Å². The average Bonchev–Trinajstić information content (AvgIpc) is 2.76. The minimum absolute atomic E-state index is 0.224. The first-order chi connectivity index (χ1) is 8.77. The van der Waals surface area contributed by atoms with Crippen LogP contribution in [0.3, 0.4) is 0 Å². The van der Waals surface area contributed by atoms with Crippen molar-refractivity contribution >= 4 is 5.69 Å². The molecule has 106 valence electrons. The van der Waals surface area contributed by atoms with Gasteiger partial charge in [-0.15, -0.1) is 0 Å². The van der Waals surface area contributed by atoms with Gasteiger partial charge in [0.25, 0.3) is 0 Å². The van der Waals surface area contributed by atoms with Crippen LogP contribution in [0, 0.1) is 6.92 Å². The Bertz CT molecular complexity index is 443. The van der Waals surface area contributed by atoms with Crippen molar-refractivity contribution < 1.29 is 0 Å². The molecule has 1 aromatic carbocycles. The van der Waals surface area contributed by atoms with E-state index >= 15 is 0 Å². The molecule has 1 fully saturated rings. The zero-order valence-electron chi connectivity index (χ0n) is 13.3. The molecule has 1 aliphatic rings. The van der Waals surface area contributed by atoms with Crippen LogP contribution in [0.5, 0.6) is 0 Å². The normalized spacial score (nSPS) is 20.4. The van der Waals surface area contributed by atoms with Crippen LogP contribution in [0.4, 0.5) is 5.69 Å². The zero-order chi connectivity index (χ0) is 14.2. The van der Waals surface area contributed by atoms with Crippen LogP contribution in [-0.2, 0) is 5.41 Å². The molecule has 0 amide bonds. The highest BCUT2D eigenvalue weighted by atomic mass is 15.2. The quantitative estimate of drug-likeness (QED) is 0.804. The Labute approximate surface area is 118 Å². The highest BCUT2D eigenvalue weighted by molar-refractivity contribution is 5.53. The number of benzene rings is 1. The van der Waals surface area contributed by atoms with E-state index in [4.69, 9.17) is 0 Å².